The van der Waals surface area contributed by atoms with Crippen molar-refractivity contribution < 1.29 is 10.2 Å². The highest BCUT2D eigenvalue weighted by Gasteiger charge is 2.24. The van der Waals surface area contributed by atoms with Crippen molar-refractivity contribution in [2.24, 2.45) is 0 Å². The van der Waals surface area contributed by atoms with Gasteiger partial charge in [0.2, 0.25) is 0 Å². The van der Waals surface area contributed by atoms with E-state index in [2.05, 4.69) is 0 Å². The van der Waals surface area contributed by atoms with Crippen molar-refractivity contribution in [1.82, 2.24) is 4.57 Å². The Morgan fingerprint density at radius 3 is 1.43 bits per heavy atom. The minimum atomic E-state index is -0.603. The van der Waals surface area contributed by atoms with Crippen molar-refractivity contribution in [2.75, 3.05) is 0 Å². The first-order chi connectivity index (χ1) is 17.8. The first kappa shape index (κ1) is 22.7. The molecule has 0 bridgehead atoms. The van der Waals surface area contributed by atoms with Gasteiger partial charge in [-0.3, -0.25) is 19.2 Å². The molecule has 6 aromatic rings. The molecule has 6 rings (SSSR count). The zero-order valence-corrected chi connectivity index (χ0v) is 20.1. The van der Waals surface area contributed by atoms with E-state index in [-0.39, 0.29) is 43.1 Å². The second-order valence-corrected chi connectivity index (χ2v) is 9.17. The lowest BCUT2D eigenvalue weighted by atomic mass is 9.95. The number of hydrogen-bond acceptors (Lipinski definition) is 6. The Bertz CT molecular complexity index is 2020. The first-order valence-corrected chi connectivity index (χ1v) is 12.0. The predicted molar refractivity (Wildman–Crippen MR) is 145 cm³/mol. The van der Waals surface area contributed by atoms with Gasteiger partial charge in [-0.25, -0.2) is 4.57 Å². The Labute approximate surface area is 208 Å². The summed E-state index contributed by atoms with van der Waals surface area (Å²) >= 11 is 0. The summed E-state index contributed by atoms with van der Waals surface area (Å²) in [6.07, 6.45) is 1.22. The summed E-state index contributed by atoms with van der Waals surface area (Å²) in [5.74, 6) is -1.03. The maximum absolute atomic E-state index is 13.6. The van der Waals surface area contributed by atoms with Gasteiger partial charge in [-0.2, -0.15) is 0 Å². The summed E-state index contributed by atoms with van der Waals surface area (Å²) in [5, 5.41) is 22.1. The van der Waals surface area contributed by atoms with E-state index in [1.54, 1.807) is 12.1 Å². The Hall–Kier alpha value is -4.78. The molecule has 0 atom stereocenters. The van der Waals surface area contributed by atoms with E-state index in [1.165, 1.54) is 24.3 Å². The fourth-order valence-corrected chi connectivity index (χ4v) is 5.48. The smallest absolute Gasteiger partial charge is 0.266 e. The average molecular weight is 491 g/mol. The summed E-state index contributed by atoms with van der Waals surface area (Å²) in [7, 11) is 0. The minimum Gasteiger partial charge on any atom is -0.506 e. The normalized spacial score (nSPS) is 11.8. The molecule has 0 saturated heterocycles. The molecule has 182 valence electrons. The maximum atomic E-state index is 13.6. The molecule has 0 saturated carbocycles. The number of nitrogens with zero attached hydrogens (tertiary/aromatic N) is 1. The van der Waals surface area contributed by atoms with Gasteiger partial charge in [0, 0.05) is 21.5 Å². The van der Waals surface area contributed by atoms with E-state index >= 15 is 0 Å². The van der Waals surface area contributed by atoms with Gasteiger partial charge < -0.3 is 10.2 Å². The molecule has 0 aliphatic rings. The number of aryl methyl sites for hydroxylation is 2. The molecule has 0 aliphatic heterocycles. The van der Waals surface area contributed by atoms with Crippen LogP contribution in [0, 0.1) is 0 Å². The molecular formula is C30H21NO6. The van der Waals surface area contributed by atoms with E-state index in [0.717, 1.165) is 15.7 Å². The standard InChI is InChI=1S/C30H21NO6/c1-3-14-8-7-9-15(4-2)24(14)31-29(36)20-12-18-19(13-21(20)30(31)37)28(35)23-22(27(18)34)25(32)16-10-5-6-11-17(16)26(23)33/h5-13,34-35H,3-4H2,1-2H3. The number of para-hydroxylation sites is 1. The summed E-state index contributed by atoms with van der Waals surface area (Å²) in [6.45, 7) is 3.88. The lowest BCUT2D eigenvalue weighted by Crippen LogP contribution is -2.25. The number of benzene rings is 5. The Morgan fingerprint density at radius 1 is 0.595 bits per heavy atom. The molecule has 1 heterocycles. The summed E-state index contributed by atoms with van der Waals surface area (Å²) in [4.78, 5) is 53.7. The van der Waals surface area contributed by atoms with Gasteiger partial charge in [0.1, 0.15) is 11.5 Å². The van der Waals surface area contributed by atoms with E-state index in [9.17, 15) is 29.4 Å². The number of rotatable bonds is 3. The van der Waals surface area contributed by atoms with Crippen molar-refractivity contribution in [2.45, 2.75) is 26.7 Å². The van der Waals surface area contributed by atoms with Gasteiger partial charge >= 0.3 is 0 Å². The minimum absolute atomic E-state index is 0.0121. The monoisotopic (exact) mass is 491 g/mol. The topological polar surface area (TPSA) is 114 Å². The Kier molecular flexibility index (Phi) is 4.82. The number of phenols is 2. The van der Waals surface area contributed by atoms with Crippen LogP contribution in [-0.2, 0) is 12.8 Å². The highest BCUT2D eigenvalue weighted by molar-refractivity contribution is 6.16. The number of hydrogen-bond donors (Lipinski definition) is 2. The molecule has 0 aliphatic carbocycles. The lowest BCUT2D eigenvalue weighted by Gasteiger charge is -2.12. The predicted octanol–water partition coefficient (Wildman–Crippen LogP) is 3.94. The third-order valence-electron chi connectivity index (χ3n) is 7.32. The number of fused-ring (bicyclic) bond motifs is 4. The van der Waals surface area contributed by atoms with Crippen LogP contribution in [0.5, 0.6) is 11.5 Å². The molecule has 5 aromatic carbocycles. The zero-order valence-electron chi connectivity index (χ0n) is 20.1. The van der Waals surface area contributed by atoms with Crippen LogP contribution in [0.15, 0.2) is 73.8 Å². The van der Waals surface area contributed by atoms with Gasteiger partial charge in [0.15, 0.2) is 10.9 Å². The number of aromatic nitrogens is 1. The van der Waals surface area contributed by atoms with Crippen LogP contribution in [0.3, 0.4) is 0 Å². The molecule has 2 N–H and O–H groups in total. The van der Waals surface area contributed by atoms with Gasteiger partial charge in [-0.05, 0) is 36.1 Å². The summed E-state index contributed by atoms with van der Waals surface area (Å²) in [5.41, 5.74) is -0.0927. The zero-order chi connectivity index (χ0) is 26.2. The molecule has 7 nitrogen and oxygen atoms in total. The van der Waals surface area contributed by atoms with Gasteiger partial charge in [0.05, 0.1) is 27.2 Å². The van der Waals surface area contributed by atoms with Crippen LogP contribution in [-0.4, -0.2) is 14.8 Å². The van der Waals surface area contributed by atoms with Crippen LogP contribution >= 0.6 is 0 Å². The van der Waals surface area contributed by atoms with E-state index in [4.69, 9.17) is 0 Å². The molecule has 0 fully saturated rings. The largest absolute Gasteiger partial charge is 0.506 e. The van der Waals surface area contributed by atoms with E-state index in [1.807, 2.05) is 32.0 Å². The molecule has 0 unspecified atom stereocenters. The SMILES string of the molecule is CCc1cccc(CC)c1-n1c(=O)c2cc3c(O)c4c(=O)c5ccccc5c(=O)c4c(O)c3cc2c1=O. The molecule has 1 aromatic heterocycles. The molecule has 7 heteroatoms. The van der Waals surface area contributed by atoms with E-state index < -0.39 is 33.5 Å². The fraction of sp³-hybridized carbons (Fsp3) is 0.133. The van der Waals surface area contributed by atoms with Crippen LogP contribution < -0.4 is 22.0 Å². The second kappa shape index (κ2) is 7.86. The molecule has 37 heavy (non-hydrogen) atoms. The average Bonchev–Trinajstić information content (AvgIpc) is 3.16. The third kappa shape index (κ3) is 2.88. The Morgan fingerprint density at radius 2 is 1.03 bits per heavy atom. The number of aromatic hydroxyl groups is 2. The highest BCUT2D eigenvalue weighted by Crippen LogP contribution is 2.40. The fourth-order valence-electron chi connectivity index (χ4n) is 5.48. The van der Waals surface area contributed by atoms with Gasteiger partial charge in [0.25, 0.3) is 11.1 Å². The third-order valence-corrected chi connectivity index (χ3v) is 7.32. The quantitative estimate of drug-likeness (QED) is 0.286. The molecule has 0 amide bonds. The van der Waals surface area contributed by atoms with Crippen molar-refractivity contribution in [3.63, 3.8) is 0 Å². The van der Waals surface area contributed by atoms with Crippen LogP contribution in [0.2, 0.25) is 0 Å². The maximum Gasteiger partial charge on any atom is 0.266 e. The van der Waals surface area contributed by atoms with Crippen molar-refractivity contribution in [1.29, 1.82) is 0 Å². The van der Waals surface area contributed by atoms with Crippen LogP contribution in [0.25, 0.3) is 48.8 Å². The molecule has 0 radical (unpaired) electrons. The van der Waals surface area contributed by atoms with Gasteiger partial charge in [-0.1, -0.05) is 56.3 Å². The molecule has 0 spiro atoms. The summed E-state index contributed by atoms with van der Waals surface area (Å²) in [6, 6.07) is 14.5. The molecular weight excluding hydrogens is 470 g/mol. The van der Waals surface area contributed by atoms with E-state index in [0.29, 0.717) is 18.5 Å². The number of phenolic OH excluding ortho intramolecular Hbond substituents is 2. The lowest BCUT2D eigenvalue weighted by molar-refractivity contribution is 0.478. The van der Waals surface area contributed by atoms with Crippen LogP contribution in [0.4, 0.5) is 0 Å². The van der Waals surface area contributed by atoms with Crippen LogP contribution in [0.1, 0.15) is 25.0 Å². The van der Waals surface area contributed by atoms with Crippen molar-refractivity contribution >= 4 is 43.1 Å². The van der Waals surface area contributed by atoms with Crippen molar-refractivity contribution in [3.8, 4) is 17.2 Å². The first-order valence-electron chi connectivity index (χ1n) is 12.0. The Balaban J connectivity index is 1.82. The van der Waals surface area contributed by atoms with Gasteiger partial charge in [-0.15, -0.1) is 0 Å². The summed E-state index contributed by atoms with van der Waals surface area (Å²) < 4.78 is 1.14. The van der Waals surface area contributed by atoms with Crippen molar-refractivity contribution in [3.05, 3.63) is 107 Å². The highest BCUT2D eigenvalue weighted by atomic mass is 16.3. The second-order valence-electron chi connectivity index (χ2n) is 9.17.